The number of halogens is 1. The number of hydrogen-bond acceptors (Lipinski definition) is 4. The molecule has 0 spiro atoms. The van der Waals surface area contributed by atoms with Crippen molar-refractivity contribution in [3.8, 4) is 10.6 Å². The van der Waals surface area contributed by atoms with E-state index in [1.807, 2.05) is 12.1 Å². The van der Waals surface area contributed by atoms with Gasteiger partial charge in [-0.1, -0.05) is 18.5 Å². The number of pyridine rings is 1. The first-order chi connectivity index (χ1) is 13.1. The summed E-state index contributed by atoms with van der Waals surface area (Å²) in [5.74, 6) is -0.117. The molecule has 1 fully saturated rings. The molecule has 3 aromatic rings. The van der Waals surface area contributed by atoms with Gasteiger partial charge in [0.2, 0.25) is 0 Å². The standard InChI is InChI=1S/C21H21ClN2O2S/c1-2-15-6-8-20(27-15)19-11-17(16-10-13(22)5-7-18(16)24-19)21(25)23-12-14-4-3-9-26-14/h5-8,10-11,14H,2-4,9,12H2,1H3,(H,23,25). The molecule has 27 heavy (non-hydrogen) atoms. The smallest absolute Gasteiger partial charge is 0.252 e. The molecule has 0 saturated carbocycles. The summed E-state index contributed by atoms with van der Waals surface area (Å²) in [5.41, 5.74) is 2.18. The van der Waals surface area contributed by atoms with E-state index in [2.05, 4.69) is 24.4 Å². The van der Waals surface area contributed by atoms with Gasteiger partial charge in [0.05, 0.1) is 27.8 Å². The Hall–Kier alpha value is -1.95. The molecule has 6 heteroatoms. The van der Waals surface area contributed by atoms with Crippen molar-refractivity contribution in [2.24, 2.45) is 0 Å². The van der Waals surface area contributed by atoms with E-state index in [9.17, 15) is 4.79 Å². The third-order valence-corrected chi connectivity index (χ3v) is 6.28. The molecule has 0 bridgehead atoms. The van der Waals surface area contributed by atoms with Gasteiger partial charge in [0, 0.05) is 28.4 Å². The number of aromatic nitrogens is 1. The topological polar surface area (TPSA) is 51.2 Å². The Bertz CT molecular complexity index is 979. The Morgan fingerprint density at radius 2 is 2.22 bits per heavy atom. The lowest BCUT2D eigenvalue weighted by atomic mass is 10.1. The molecule has 4 nitrogen and oxygen atoms in total. The van der Waals surface area contributed by atoms with Crippen LogP contribution < -0.4 is 5.32 Å². The van der Waals surface area contributed by atoms with Crippen molar-refractivity contribution >= 4 is 39.7 Å². The second-order valence-corrected chi connectivity index (χ2v) is 8.29. The van der Waals surface area contributed by atoms with Crippen molar-refractivity contribution in [2.45, 2.75) is 32.3 Å². The second kappa shape index (κ2) is 7.97. The molecule has 0 aliphatic carbocycles. The second-order valence-electron chi connectivity index (χ2n) is 6.68. The summed E-state index contributed by atoms with van der Waals surface area (Å²) in [4.78, 5) is 20.1. The molecule has 2 aromatic heterocycles. The highest BCUT2D eigenvalue weighted by Crippen LogP contribution is 2.31. The number of rotatable bonds is 5. The Balaban J connectivity index is 1.71. The average molecular weight is 401 g/mol. The molecule has 3 heterocycles. The molecule has 1 saturated heterocycles. The van der Waals surface area contributed by atoms with Gasteiger partial charge in [0.15, 0.2) is 0 Å². The highest BCUT2D eigenvalue weighted by Gasteiger charge is 2.19. The Kier molecular flexibility index (Phi) is 5.43. The molecule has 140 valence electrons. The lowest BCUT2D eigenvalue weighted by molar-refractivity contribution is 0.0859. The molecule has 4 rings (SSSR count). The van der Waals surface area contributed by atoms with Crippen LogP contribution in [0.1, 0.15) is 35.0 Å². The van der Waals surface area contributed by atoms with Gasteiger partial charge in [0.1, 0.15) is 0 Å². The van der Waals surface area contributed by atoms with Crippen LogP contribution >= 0.6 is 22.9 Å². The van der Waals surface area contributed by atoms with Gasteiger partial charge < -0.3 is 10.1 Å². The molecular weight excluding hydrogens is 380 g/mol. The van der Waals surface area contributed by atoms with Gasteiger partial charge >= 0.3 is 0 Å². The zero-order valence-electron chi connectivity index (χ0n) is 15.1. The summed E-state index contributed by atoms with van der Waals surface area (Å²) in [6, 6.07) is 11.5. The van der Waals surface area contributed by atoms with E-state index in [4.69, 9.17) is 21.3 Å². The Morgan fingerprint density at radius 3 is 2.96 bits per heavy atom. The number of benzene rings is 1. The summed E-state index contributed by atoms with van der Waals surface area (Å²) < 4.78 is 5.61. The fraction of sp³-hybridized carbons (Fsp3) is 0.333. The van der Waals surface area contributed by atoms with Crippen molar-refractivity contribution in [3.63, 3.8) is 0 Å². The zero-order valence-corrected chi connectivity index (χ0v) is 16.7. The Morgan fingerprint density at radius 1 is 1.33 bits per heavy atom. The van der Waals surface area contributed by atoms with Crippen molar-refractivity contribution in [2.75, 3.05) is 13.2 Å². The maximum atomic E-state index is 12.9. The molecule has 1 aromatic carbocycles. The van der Waals surface area contributed by atoms with Crippen molar-refractivity contribution in [3.05, 3.63) is 51.9 Å². The Labute approximate surface area is 167 Å². The van der Waals surface area contributed by atoms with E-state index < -0.39 is 0 Å². The lowest BCUT2D eigenvalue weighted by Crippen LogP contribution is -2.31. The number of hydrogen-bond donors (Lipinski definition) is 1. The number of ether oxygens (including phenoxy) is 1. The number of amides is 1. The van der Waals surface area contributed by atoms with Crippen LogP contribution in [0, 0.1) is 0 Å². The molecule has 1 aliphatic heterocycles. The van der Waals surface area contributed by atoms with E-state index in [0.717, 1.165) is 47.3 Å². The van der Waals surface area contributed by atoms with Crippen LogP contribution in [0.4, 0.5) is 0 Å². The molecule has 1 aliphatic rings. The number of nitrogens with zero attached hydrogens (tertiary/aromatic N) is 1. The number of carbonyl (C=O) groups is 1. The molecule has 0 radical (unpaired) electrons. The summed E-state index contributed by atoms with van der Waals surface area (Å²) in [6.45, 7) is 3.43. The molecule has 1 N–H and O–H groups in total. The van der Waals surface area contributed by atoms with Gasteiger partial charge in [-0.05, 0) is 55.7 Å². The van der Waals surface area contributed by atoms with Gasteiger partial charge in [-0.15, -0.1) is 11.3 Å². The SMILES string of the molecule is CCc1ccc(-c2cc(C(=O)NCC3CCCO3)c3cc(Cl)ccc3n2)s1. The first-order valence-electron chi connectivity index (χ1n) is 9.23. The number of thiophene rings is 1. The third-order valence-electron chi connectivity index (χ3n) is 4.79. The van der Waals surface area contributed by atoms with E-state index in [1.54, 1.807) is 23.5 Å². The first-order valence-corrected chi connectivity index (χ1v) is 10.4. The first kappa shape index (κ1) is 18.4. The summed E-state index contributed by atoms with van der Waals surface area (Å²) in [6.07, 6.45) is 3.14. The number of aryl methyl sites for hydroxylation is 1. The number of nitrogens with one attached hydrogen (secondary N) is 1. The minimum absolute atomic E-state index is 0.106. The predicted molar refractivity (Wildman–Crippen MR) is 111 cm³/mol. The number of carbonyl (C=O) groups excluding carboxylic acids is 1. The molecule has 1 unspecified atom stereocenters. The minimum Gasteiger partial charge on any atom is -0.376 e. The van der Waals surface area contributed by atoms with Crippen LogP contribution in [0.15, 0.2) is 36.4 Å². The number of fused-ring (bicyclic) bond motifs is 1. The van der Waals surface area contributed by atoms with E-state index in [1.165, 1.54) is 4.88 Å². The lowest BCUT2D eigenvalue weighted by Gasteiger charge is -2.13. The van der Waals surface area contributed by atoms with Crippen molar-refractivity contribution in [1.29, 1.82) is 0 Å². The zero-order chi connectivity index (χ0) is 18.8. The van der Waals surface area contributed by atoms with Crippen LogP contribution in [0.3, 0.4) is 0 Å². The highest BCUT2D eigenvalue weighted by atomic mass is 35.5. The van der Waals surface area contributed by atoms with Crippen LogP contribution in [0.5, 0.6) is 0 Å². The van der Waals surface area contributed by atoms with Gasteiger partial charge in [-0.25, -0.2) is 4.98 Å². The van der Waals surface area contributed by atoms with Gasteiger partial charge in [0.25, 0.3) is 5.91 Å². The van der Waals surface area contributed by atoms with Crippen LogP contribution in [-0.4, -0.2) is 30.1 Å². The molecular formula is C21H21ClN2O2S. The highest BCUT2D eigenvalue weighted by molar-refractivity contribution is 7.15. The van der Waals surface area contributed by atoms with Crippen molar-refractivity contribution in [1.82, 2.24) is 10.3 Å². The fourth-order valence-corrected chi connectivity index (χ4v) is 4.40. The third kappa shape index (κ3) is 4.00. The average Bonchev–Trinajstić information content (AvgIpc) is 3.37. The molecule has 1 atom stereocenters. The summed E-state index contributed by atoms with van der Waals surface area (Å²) in [5, 5.41) is 4.38. The minimum atomic E-state index is -0.117. The van der Waals surface area contributed by atoms with Crippen LogP contribution in [0.2, 0.25) is 5.02 Å². The largest absolute Gasteiger partial charge is 0.376 e. The maximum Gasteiger partial charge on any atom is 0.252 e. The fourth-order valence-electron chi connectivity index (χ4n) is 3.32. The predicted octanol–water partition coefficient (Wildman–Crippen LogP) is 5.09. The summed E-state index contributed by atoms with van der Waals surface area (Å²) >= 11 is 7.89. The van der Waals surface area contributed by atoms with E-state index >= 15 is 0 Å². The monoisotopic (exact) mass is 400 g/mol. The normalized spacial score (nSPS) is 16.7. The van der Waals surface area contributed by atoms with E-state index in [-0.39, 0.29) is 12.0 Å². The van der Waals surface area contributed by atoms with Gasteiger partial charge in [-0.2, -0.15) is 0 Å². The van der Waals surface area contributed by atoms with Crippen LogP contribution in [-0.2, 0) is 11.2 Å². The van der Waals surface area contributed by atoms with Gasteiger partial charge in [-0.3, -0.25) is 4.79 Å². The van der Waals surface area contributed by atoms with Crippen molar-refractivity contribution < 1.29 is 9.53 Å². The van der Waals surface area contributed by atoms with Crippen LogP contribution in [0.25, 0.3) is 21.5 Å². The molecule has 1 amide bonds. The van der Waals surface area contributed by atoms with E-state index in [0.29, 0.717) is 17.1 Å². The summed E-state index contributed by atoms with van der Waals surface area (Å²) in [7, 11) is 0. The quantitative estimate of drug-likeness (QED) is 0.649. The maximum absolute atomic E-state index is 12.9.